The van der Waals surface area contributed by atoms with E-state index >= 15 is 0 Å². The summed E-state index contributed by atoms with van der Waals surface area (Å²) in [6.07, 6.45) is -0.767. The summed E-state index contributed by atoms with van der Waals surface area (Å²) in [5.41, 5.74) is 1.05. The van der Waals surface area contributed by atoms with Crippen molar-refractivity contribution < 1.29 is 14.9 Å². The fourth-order valence-electron chi connectivity index (χ4n) is 4.14. The Labute approximate surface area is 151 Å². The summed E-state index contributed by atoms with van der Waals surface area (Å²) >= 11 is 0. The Kier molecular flexibility index (Phi) is 3.68. The first-order chi connectivity index (χ1) is 12.7. The molecule has 0 bridgehead atoms. The lowest BCUT2D eigenvalue weighted by Gasteiger charge is -2.14. The Bertz CT molecular complexity index is 1120. The predicted octanol–water partition coefficient (Wildman–Crippen LogP) is 4.33. The van der Waals surface area contributed by atoms with Gasteiger partial charge in [-0.15, -0.1) is 0 Å². The van der Waals surface area contributed by atoms with E-state index < -0.39 is 12.2 Å². The summed E-state index contributed by atoms with van der Waals surface area (Å²) in [4.78, 5) is 0. The molecule has 130 valence electrons. The van der Waals surface area contributed by atoms with Crippen LogP contribution in [0.4, 0.5) is 0 Å². The van der Waals surface area contributed by atoms with Gasteiger partial charge in [0.1, 0.15) is 6.10 Å². The van der Waals surface area contributed by atoms with Gasteiger partial charge in [0, 0.05) is 6.42 Å². The lowest BCUT2D eigenvalue weighted by molar-refractivity contribution is -0.0225. The molecule has 3 atom stereocenters. The van der Waals surface area contributed by atoms with Gasteiger partial charge in [0.2, 0.25) is 0 Å². The third-order valence-electron chi connectivity index (χ3n) is 5.54. The highest BCUT2D eigenvalue weighted by Gasteiger charge is 2.34. The molecule has 1 aliphatic heterocycles. The molecule has 1 saturated heterocycles. The van der Waals surface area contributed by atoms with Crippen molar-refractivity contribution in [3.8, 4) is 0 Å². The highest BCUT2D eigenvalue weighted by molar-refractivity contribution is 6.17. The number of hydrogen-bond acceptors (Lipinski definition) is 3. The first kappa shape index (κ1) is 15.8. The zero-order valence-corrected chi connectivity index (χ0v) is 14.3. The maximum Gasteiger partial charge on any atom is 0.107 e. The van der Waals surface area contributed by atoms with E-state index in [9.17, 15) is 10.2 Å². The molecule has 0 spiro atoms. The first-order valence-electron chi connectivity index (χ1n) is 9.03. The summed E-state index contributed by atoms with van der Waals surface area (Å²) in [6.45, 7) is -0.153. The molecule has 1 fully saturated rings. The van der Waals surface area contributed by atoms with Crippen LogP contribution in [0, 0.1) is 0 Å². The number of hydrogen-bond donors (Lipinski definition) is 2. The second-order valence-electron chi connectivity index (χ2n) is 7.08. The standard InChI is InChI=1S/C23H20O3/c24-13-23-21(25)12-22(26-23)16-6-5-15-8-9-18-17-4-2-1-3-14(17)7-10-19(18)20(15)11-16/h1-11,21-25H,12-13H2/t21-,22-,23-/m1/s1. The largest absolute Gasteiger partial charge is 0.394 e. The van der Waals surface area contributed by atoms with Gasteiger partial charge < -0.3 is 14.9 Å². The molecule has 2 N–H and O–H groups in total. The summed E-state index contributed by atoms with van der Waals surface area (Å²) in [5.74, 6) is 0. The van der Waals surface area contributed by atoms with Gasteiger partial charge in [-0.25, -0.2) is 0 Å². The Hall–Kier alpha value is -2.46. The Morgan fingerprint density at radius 1 is 0.808 bits per heavy atom. The van der Waals surface area contributed by atoms with Crippen LogP contribution in [0.1, 0.15) is 18.1 Å². The first-order valence-corrected chi connectivity index (χ1v) is 9.03. The second-order valence-corrected chi connectivity index (χ2v) is 7.08. The van der Waals surface area contributed by atoms with E-state index in [1.165, 1.54) is 32.3 Å². The molecular formula is C23H20O3. The smallest absolute Gasteiger partial charge is 0.107 e. The van der Waals surface area contributed by atoms with Crippen molar-refractivity contribution in [1.29, 1.82) is 0 Å². The van der Waals surface area contributed by atoms with E-state index in [-0.39, 0.29) is 12.7 Å². The van der Waals surface area contributed by atoms with E-state index in [2.05, 4.69) is 66.7 Å². The minimum atomic E-state index is -0.614. The fraction of sp³-hybridized carbons (Fsp3) is 0.217. The Balaban J connectivity index is 1.69. The lowest BCUT2D eigenvalue weighted by atomic mass is 9.94. The molecular weight excluding hydrogens is 324 g/mol. The molecule has 4 aromatic rings. The SMILES string of the molecule is OC[C@H]1O[C@@H](c2ccc3ccc4c5ccccc5ccc4c3c2)C[C@H]1O. The predicted molar refractivity (Wildman–Crippen MR) is 104 cm³/mol. The molecule has 0 saturated carbocycles. The van der Waals surface area contributed by atoms with Gasteiger partial charge in [-0.3, -0.25) is 0 Å². The van der Waals surface area contributed by atoms with Gasteiger partial charge in [0.05, 0.1) is 18.8 Å². The van der Waals surface area contributed by atoms with Crippen LogP contribution in [-0.2, 0) is 4.74 Å². The summed E-state index contributed by atoms with van der Waals surface area (Å²) in [5, 5.41) is 26.7. The number of aliphatic hydroxyl groups excluding tert-OH is 2. The van der Waals surface area contributed by atoms with E-state index in [4.69, 9.17) is 4.74 Å². The van der Waals surface area contributed by atoms with Crippen LogP contribution >= 0.6 is 0 Å². The number of ether oxygens (including phenoxy) is 1. The maximum absolute atomic E-state index is 10.0. The molecule has 0 amide bonds. The van der Waals surface area contributed by atoms with Crippen molar-refractivity contribution in [2.24, 2.45) is 0 Å². The van der Waals surface area contributed by atoms with Gasteiger partial charge in [-0.05, 0) is 43.9 Å². The molecule has 3 heteroatoms. The molecule has 0 aromatic heterocycles. The van der Waals surface area contributed by atoms with E-state index in [1.54, 1.807) is 0 Å². The van der Waals surface area contributed by atoms with Gasteiger partial charge in [0.25, 0.3) is 0 Å². The fourth-order valence-corrected chi connectivity index (χ4v) is 4.14. The monoisotopic (exact) mass is 344 g/mol. The third-order valence-corrected chi connectivity index (χ3v) is 5.54. The average molecular weight is 344 g/mol. The topological polar surface area (TPSA) is 49.7 Å². The number of rotatable bonds is 2. The van der Waals surface area contributed by atoms with Gasteiger partial charge in [0.15, 0.2) is 0 Å². The summed E-state index contributed by atoms with van der Waals surface area (Å²) in [7, 11) is 0. The molecule has 5 rings (SSSR count). The Morgan fingerprint density at radius 2 is 1.50 bits per heavy atom. The lowest BCUT2D eigenvalue weighted by Crippen LogP contribution is -2.24. The molecule has 1 aliphatic rings. The van der Waals surface area contributed by atoms with Gasteiger partial charge in [-0.2, -0.15) is 0 Å². The van der Waals surface area contributed by atoms with Crippen molar-refractivity contribution in [1.82, 2.24) is 0 Å². The second kappa shape index (κ2) is 6.06. The van der Waals surface area contributed by atoms with Crippen molar-refractivity contribution in [3.63, 3.8) is 0 Å². The van der Waals surface area contributed by atoms with Crippen molar-refractivity contribution in [2.75, 3.05) is 6.61 Å². The molecule has 0 radical (unpaired) electrons. The van der Waals surface area contributed by atoms with Crippen LogP contribution in [0.3, 0.4) is 0 Å². The highest BCUT2D eigenvalue weighted by Crippen LogP contribution is 2.37. The quantitative estimate of drug-likeness (QED) is 0.532. The Morgan fingerprint density at radius 3 is 2.27 bits per heavy atom. The summed E-state index contributed by atoms with van der Waals surface area (Å²) < 4.78 is 5.84. The van der Waals surface area contributed by atoms with Crippen LogP contribution in [0.25, 0.3) is 32.3 Å². The van der Waals surface area contributed by atoms with Crippen LogP contribution in [-0.4, -0.2) is 29.0 Å². The average Bonchev–Trinajstić information content (AvgIpc) is 3.07. The molecule has 4 aromatic carbocycles. The van der Waals surface area contributed by atoms with Crippen molar-refractivity contribution in [3.05, 3.63) is 72.3 Å². The maximum atomic E-state index is 10.0. The minimum absolute atomic E-state index is 0.153. The third kappa shape index (κ3) is 2.40. The normalized spacial score (nSPS) is 23.2. The van der Waals surface area contributed by atoms with E-state index in [0.717, 1.165) is 5.56 Å². The van der Waals surface area contributed by atoms with E-state index in [0.29, 0.717) is 6.42 Å². The van der Waals surface area contributed by atoms with Gasteiger partial charge >= 0.3 is 0 Å². The molecule has 0 aliphatic carbocycles. The van der Waals surface area contributed by atoms with Crippen molar-refractivity contribution in [2.45, 2.75) is 24.7 Å². The van der Waals surface area contributed by atoms with Crippen molar-refractivity contribution >= 4 is 32.3 Å². The van der Waals surface area contributed by atoms with Crippen LogP contribution < -0.4 is 0 Å². The van der Waals surface area contributed by atoms with E-state index in [1.807, 2.05) is 0 Å². The highest BCUT2D eigenvalue weighted by atomic mass is 16.5. The molecule has 1 heterocycles. The van der Waals surface area contributed by atoms with Crippen LogP contribution in [0.5, 0.6) is 0 Å². The number of fused-ring (bicyclic) bond motifs is 5. The molecule has 0 unspecified atom stereocenters. The summed E-state index contributed by atoms with van der Waals surface area (Å²) in [6, 6.07) is 23.5. The van der Waals surface area contributed by atoms with Gasteiger partial charge in [-0.1, -0.05) is 60.7 Å². The van der Waals surface area contributed by atoms with Crippen LogP contribution in [0.15, 0.2) is 66.7 Å². The number of aliphatic hydroxyl groups is 2. The zero-order valence-electron chi connectivity index (χ0n) is 14.3. The molecule has 3 nitrogen and oxygen atoms in total. The molecule has 26 heavy (non-hydrogen) atoms. The number of benzene rings is 4. The van der Waals surface area contributed by atoms with Crippen LogP contribution in [0.2, 0.25) is 0 Å². The zero-order chi connectivity index (χ0) is 17.7. The minimum Gasteiger partial charge on any atom is -0.394 e.